The van der Waals surface area contributed by atoms with Gasteiger partial charge in [-0.1, -0.05) is 148 Å². The number of allylic oxidation sites excluding steroid dienone is 3. The van der Waals surface area contributed by atoms with Crippen LogP contribution in [0.15, 0.2) is 166 Å². The SMILES string of the molecule is C.C.C.C.C.C.C=C1C=CN(C)C(=O)N1.C=C1CC(=O)N(C)C=C1C.C=C1NC(=O)N(C)N=C1C.C=C1NC(C)=Nc2c1ncn2C.C=c1nc(C)nc2c1=NNN2C.CN1CC[C-]=NC1=O.Cc1[c-]cc(=O)n(C)c1.Cc1[c-]nc(=O)n(C)c1.Cc1[c-]nc(=O)n(C)n1.Cc1cn(C)c(=O)[nH]c1=O.Cc1n[c-]c2ncn(C)c2n1.Cc1n[c-]c2nnn(C)c2n1.Cn1cc[c-]nc1=O.[Y].[Y].[Y].[Y].[Y].[Y].[Y]. The molecule has 141 heavy (non-hydrogen) atoms. The van der Waals surface area contributed by atoms with E-state index >= 15 is 0 Å². The number of urea groups is 3. The summed E-state index contributed by atoms with van der Waals surface area (Å²) in [6.07, 6.45) is 32.0. The smallest absolute Gasteiger partial charge is 0.342 e. The Morgan fingerprint density at radius 1 is 0.525 bits per heavy atom. The minimum Gasteiger partial charge on any atom is -0.424 e. The van der Waals surface area contributed by atoms with E-state index in [1.165, 1.54) is 45.1 Å². The number of nitrogens with zero attached hydrogens (tertiary/aromatic N) is 31. The summed E-state index contributed by atoms with van der Waals surface area (Å²) in [6, 6.07) is 5.27. The molecule has 11 aromatic heterocycles. The van der Waals surface area contributed by atoms with Crippen molar-refractivity contribution < 1.29 is 248 Å². The van der Waals surface area contributed by atoms with Crippen molar-refractivity contribution in [3.8, 4) is 0 Å². The number of hydrogen-bond donors (Lipinski definition) is 5. The molecular formula is C88H125N36O10Y7-7. The van der Waals surface area contributed by atoms with Gasteiger partial charge in [-0.2, -0.15) is 27.6 Å². The summed E-state index contributed by atoms with van der Waals surface area (Å²) in [7, 11) is 22.4. The molecule has 53 heteroatoms. The quantitative estimate of drug-likeness (QED) is 0.119. The van der Waals surface area contributed by atoms with Crippen molar-refractivity contribution in [1.82, 2.24) is 153 Å². The Balaban J connectivity index is -0.000000190. The average molecular weight is 2470 g/mol. The number of H-pyrrole nitrogens is 1. The van der Waals surface area contributed by atoms with E-state index in [9.17, 15) is 47.9 Å². The van der Waals surface area contributed by atoms with Gasteiger partial charge in [0.05, 0.1) is 47.2 Å². The Morgan fingerprint density at radius 3 is 1.61 bits per heavy atom. The molecule has 0 atom stereocenters. The van der Waals surface area contributed by atoms with Crippen molar-refractivity contribution in [2.24, 2.45) is 76.6 Å². The first-order chi connectivity index (χ1) is 60.1. The Kier molecular flexibility index (Phi) is 78.9. The number of aryl methyl sites for hydroxylation is 15. The van der Waals surface area contributed by atoms with Gasteiger partial charge in [0, 0.05) is 351 Å². The summed E-state index contributed by atoms with van der Waals surface area (Å²) in [5, 5.41) is 31.7. The number of amides is 7. The van der Waals surface area contributed by atoms with Crippen molar-refractivity contribution >= 4 is 88.0 Å². The molecule has 0 aromatic carbocycles. The molecule has 0 spiro atoms. The number of amidine groups is 1. The third kappa shape index (κ3) is 51.0. The summed E-state index contributed by atoms with van der Waals surface area (Å²) >= 11 is 0. The van der Waals surface area contributed by atoms with Gasteiger partial charge in [0.1, 0.15) is 22.9 Å². The van der Waals surface area contributed by atoms with Gasteiger partial charge in [-0.05, 0) is 112 Å². The van der Waals surface area contributed by atoms with Gasteiger partial charge in [0.15, 0.2) is 23.0 Å². The number of rotatable bonds is 0. The van der Waals surface area contributed by atoms with Gasteiger partial charge in [0.25, 0.3) is 5.56 Å². The fourth-order valence-corrected chi connectivity index (χ4v) is 9.58. The summed E-state index contributed by atoms with van der Waals surface area (Å²) in [5.74, 6) is 4.75. The first-order valence-corrected chi connectivity index (χ1v) is 38.0. The van der Waals surface area contributed by atoms with Crippen molar-refractivity contribution in [2.75, 3.05) is 46.8 Å². The second kappa shape index (κ2) is 74.2. The van der Waals surface area contributed by atoms with Crippen molar-refractivity contribution in [3.05, 3.63) is 273 Å². The van der Waals surface area contributed by atoms with Crippen LogP contribution in [-0.2, 0) is 290 Å². The molecule has 0 saturated carbocycles. The predicted octanol–water partition coefficient (Wildman–Crippen LogP) is 5.39. The number of carbonyl (C=O) groups is 4. The second-order valence-corrected chi connectivity index (χ2v) is 27.8. The number of nitrogens with one attached hydrogen (secondary N) is 5. The zero-order valence-electron chi connectivity index (χ0n) is 79.5. The number of imidazole rings is 2. The number of aromatic amines is 1. The Bertz CT molecular complexity index is 6300. The molecule has 0 bridgehead atoms. The fraction of sp³-hybridized carbons (Fsp3) is 0.364. The molecule has 7 amide bonds. The van der Waals surface area contributed by atoms with Crippen LogP contribution in [0.5, 0.6) is 0 Å². The largest absolute Gasteiger partial charge is 0.424 e. The summed E-state index contributed by atoms with van der Waals surface area (Å²) in [5.41, 5.74) is 12.7. The first-order valence-electron chi connectivity index (χ1n) is 38.0. The average Bonchev–Trinajstić information content (AvgIpc) is 1.64. The number of aromatic nitrogens is 23. The van der Waals surface area contributed by atoms with Gasteiger partial charge >= 0.3 is 17.8 Å². The van der Waals surface area contributed by atoms with E-state index in [0.717, 1.165) is 97.8 Å². The molecule has 17 rings (SSSR count). The van der Waals surface area contributed by atoms with Crippen LogP contribution in [0.2, 0.25) is 0 Å². The number of aliphatic imine (C=N–C) groups is 2. The van der Waals surface area contributed by atoms with Gasteiger partial charge < -0.3 is 122 Å². The van der Waals surface area contributed by atoms with Crippen LogP contribution in [0.25, 0.3) is 34.6 Å². The van der Waals surface area contributed by atoms with E-state index in [-0.39, 0.29) is 331 Å². The van der Waals surface area contributed by atoms with Crippen molar-refractivity contribution in [3.63, 3.8) is 0 Å². The van der Waals surface area contributed by atoms with Gasteiger partial charge in [-0.15, -0.1) is 29.5 Å². The fourth-order valence-electron chi connectivity index (χ4n) is 9.58. The molecule has 6 aliphatic rings. The summed E-state index contributed by atoms with van der Waals surface area (Å²) < 4.78 is 12.2. The van der Waals surface area contributed by atoms with Crippen molar-refractivity contribution in [2.45, 2.75) is 127 Å². The topological polar surface area (TPSA) is 520 Å². The molecule has 6 aliphatic heterocycles. The first kappa shape index (κ1) is 150. The number of hydrazone groups is 1. The maximum absolute atomic E-state index is 11.0. The molecule has 7 radical (unpaired) electrons. The van der Waals surface area contributed by atoms with Gasteiger partial charge in [-0.3, -0.25) is 33.9 Å². The number of carbonyl (C=O) groups excluding carboxylic acids is 4. The van der Waals surface area contributed by atoms with Crippen molar-refractivity contribution in [1.29, 1.82) is 0 Å². The molecule has 5 N–H and O–H groups in total. The van der Waals surface area contributed by atoms with Crippen LogP contribution in [0, 0.1) is 85.5 Å². The zero-order valence-corrected chi connectivity index (χ0v) is 99.4. The van der Waals surface area contributed by atoms with Crippen LogP contribution in [0.4, 0.5) is 26.0 Å². The van der Waals surface area contributed by atoms with E-state index in [4.69, 9.17) is 0 Å². The van der Waals surface area contributed by atoms with Gasteiger partial charge in [-0.25, -0.2) is 50.0 Å². The number of anilines is 1. The Hall–Kier alpha value is -8.75. The minimum atomic E-state index is -0.379. The Labute approximate surface area is 999 Å². The normalized spacial score (nSPS) is 12.1. The molecule has 0 fully saturated rings. The van der Waals surface area contributed by atoms with Crippen LogP contribution >= 0.6 is 0 Å². The molecule has 11 aromatic rings. The number of hydrazine groups is 1. The molecule has 0 aliphatic carbocycles. The Morgan fingerprint density at radius 2 is 1.11 bits per heavy atom. The molecule has 17 heterocycles. The zero-order chi connectivity index (χ0) is 95.7. The molecule has 46 nitrogen and oxygen atoms in total. The molecule has 0 unspecified atom stereocenters. The standard InChI is InChI=1S/C8H10N4.C8H11NO.C7H9N5.C7H7N4.C7H8NO.C6H6N5.C6H9N3O.C6H8N2O2.C6H7N2O.C6H8N2O.C5H6N3O.C5H7N2O.C5H5N2O.6CH4.7Y/c1-5-7-8(11-6(2)10-5)12(3)4-9-7;1-6-4-8(10)9(3)5-7(6)2;1-4-6-7(9-5(2)8-4)12(3)11-10-6;1-5-8-3-6-7(10-5)11(2)4-9-6;1-6-3-4-7(9)8(2)5-6;1-4-7-3-5-6(8-4)11(2)10-9-5;1-4-5(2)8-9(3)6(10)7-4;1-4-3-8(2)6(10)7-5(4)9;1-5-3-7-6(9)8(2)4-5;1-5-3-4-8(2)6(9)7-5;1-4-3-6-5(9)8(2)7-4;2*1-7-4-2-3-6-5(7)8;;;;;;;;;;;;;/h4H,1H2,2-3H3,(H,10,11);5H,1,4H2,2-3H3;11H,1H2,2-3H3;4H,1-2H3;4-5H,1-2H3;1-2H3;1H2,2-3H3,(H,7,10);3H,1-2H3,(H,7,9,10);4H,1-2H3;3-4H,1H2,2H3,(H,7,9);1-2H3;2,4H2,1H3;2,4H,1H3;6*1H4;;;;;;;/q;;;3*-1;;;-1;;3*-1;;;;;;;;;;;;;. The van der Waals surface area contributed by atoms with Crippen LogP contribution in [-0.4, -0.2) is 215 Å². The second-order valence-electron chi connectivity index (χ2n) is 27.8. The van der Waals surface area contributed by atoms with E-state index in [0.29, 0.717) is 51.6 Å². The molecule has 0 saturated heterocycles. The maximum Gasteiger partial charge on any atom is 0.342 e. The van der Waals surface area contributed by atoms with E-state index in [1.807, 2.05) is 84.9 Å². The van der Waals surface area contributed by atoms with Gasteiger partial charge in [0.2, 0.25) is 23.0 Å². The number of pyridine rings is 1. The van der Waals surface area contributed by atoms with E-state index < -0.39 is 0 Å². The number of fused-ring (bicyclic) bond motifs is 4. The third-order valence-corrected chi connectivity index (χ3v) is 16.7. The van der Waals surface area contributed by atoms with Crippen LogP contribution in [0.3, 0.4) is 0 Å². The number of hydrogen-bond acceptors (Lipinski definition) is 30. The van der Waals surface area contributed by atoms with Crippen LogP contribution in [0.1, 0.15) is 124 Å². The maximum atomic E-state index is 11.0. The molecule has 745 valence electrons. The molecular weight excluding hydrogens is 2340 g/mol. The minimum absolute atomic E-state index is 0. The van der Waals surface area contributed by atoms with E-state index in [2.05, 4.69) is 193 Å². The van der Waals surface area contributed by atoms with Crippen LogP contribution < -0.4 is 71.1 Å². The summed E-state index contributed by atoms with van der Waals surface area (Å²) in [6.45, 7) is 37.5. The third-order valence-electron chi connectivity index (χ3n) is 16.7. The van der Waals surface area contributed by atoms with E-state index in [1.54, 1.807) is 160 Å². The summed E-state index contributed by atoms with van der Waals surface area (Å²) in [4.78, 5) is 164. The monoisotopic (exact) mass is 2470 g/mol. The predicted molar refractivity (Wildman–Crippen MR) is 519 cm³/mol.